The van der Waals surface area contributed by atoms with Gasteiger partial charge in [0.1, 0.15) is 6.04 Å². The molecule has 0 aromatic heterocycles. The molecule has 3 heteroatoms. The van der Waals surface area contributed by atoms with E-state index in [1.165, 1.54) is 11.1 Å². The number of carboxylic acid groups (broad SMARTS) is 1. The van der Waals surface area contributed by atoms with Crippen molar-refractivity contribution in [2.45, 2.75) is 32.7 Å². The van der Waals surface area contributed by atoms with Crippen LogP contribution in [0, 0.1) is 13.8 Å². The number of rotatable bonds is 4. The molecule has 0 bridgehead atoms. The second-order valence-electron chi connectivity index (χ2n) is 3.98. The Balaban J connectivity index is 2.61. The lowest BCUT2D eigenvalue weighted by Gasteiger charge is -2.07. The second kappa shape index (κ2) is 4.94. The molecule has 15 heavy (non-hydrogen) atoms. The molecule has 1 rings (SSSR count). The summed E-state index contributed by atoms with van der Waals surface area (Å²) in [6, 6.07) is 5.48. The Morgan fingerprint density at radius 3 is 2.33 bits per heavy atom. The number of hydrogen-bond acceptors (Lipinski definition) is 2. The van der Waals surface area contributed by atoms with Crippen LogP contribution in [0.3, 0.4) is 0 Å². The minimum Gasteiger partial charge on any atom is -0.480 e. The first-order chi connectivity index (χ1) is 6.99. The summed E-state index contributed by atoms with van der Waals surface area (Å²) in [5, 5.41) is 8.64. The van der Waals surface area contributed by atoms with Crippen molar-refractivity contribution in [3.63, 3.8) is 0 Å². The number of aryl methyl sites for hydroxylation is 3. The van der Waals surface area contributed by atoms with E-state index in [0.717, 1.165) is 12.0 Å². The molecule has 0 aliphatic heterocycles. The summed E-state index contributed by atoms with van der Waals surface area (Å²) in [5.74, 6) is -0.931. The van der Waals surface area contributed by atoms with Crippen molar-refractivity contribution in [3.8, 4) is 0 Å². The van der Waals surface area contributed by atoms with Gasteiger partial charge in [0.05, 0.1) is 0 Å². The third-order valence-electron chi connectivity index (χ3n) is 2.34. The highest BCUT2D eigenvalue weighted by atomic mass is 16.4. The molecule has 0 heterocycles. The molecule has 0 fully saturated rings. The van der Waals surface area contributed by atoms with Crippen LogP contribution in [-0.2, 0) is 11.2 Å². The lowest BCUT2D eigenvalue weighted by Crippen LogP contribution is -2.30. The molecule has 1 atom stereocenters. The van der Waals surface area contributed by atoms with Gasteiger partial charge in [-0.05, 0) is 32.3 Å². The molecule has 1 aromatic rings. The molecule has 82 valence electrons. The minimum atomic E-state index is -0.931. The summed E-state index contributed by atoms with van der Waals surface area (Å²) < 4.78 is 0. The molecule has 0 aliphatic carbocycles. The first kappa shape index (κ1) is 11.7. The van der Waals surface area contributed by atoms with Gasteiger partial charge in [0, 0.05) is 0 Å². The third-order valence-corrected chi connectivity index (χ3v) is 2.34. The fraction of sp³-hybridized carbons (Fsp3) is 0.417. The lowest BCUT2D eigenvalue weighted by atomic mass is 10.0. The van der Waals surface area contributed by atoms with Crippen molar-refractivity contribution < 1.29 is 9.90 Å². The molecule has 3 nitrogen and oxygen atoms in total. The maximum atomic E-state index is 10.5. The average molecular weight is 207 g/mol. The number of nitrogens with two attached hydrogens (primary N) is 1. The van der Waals surface area contributed by atoms with Gasteiger partial charge in [-0.15, -0.1) is 0 Å². The molecule has 0 unspecified atom stereocenters. The van der Waals surface area contributed by atoms with Crippen LogP contribution < -0.4 is 5.73 Å². The fourth-order valence-electron chi connectivity index (χ4n) is 1.66. The van der Waals surface area contributed by atoms with E-state index in [9.17, 15) is 4.79 Å². The van der Waals surface area contributed by atoms with Crippen LogP contribution in [0.15, 0.2) is 18.2 Å². The molecular weight excluding hydrogens is 190 g/mol. The first-order valence-corrected chi connectivity index (χ1v) is 5.04. The Morgan fingerprint density at radius 2 is 1.87 bits per heavy atom. The monoisotopic (exact) mass is 207 g/mol. The highest BCUT2D eigenvalue weighted by Crippen LogP contribution is 2.11. The predicted octanol–water partition coefficient (Wildman–Crippen LogP) is 1.65. The van der Waals surface area contributed by atoms with Crippen molar-refractivity contribution in [1.29, 1.82) is 0 Å². The first-order valence-electron chi connectivity index (χ1n) is 5.04. The molecule has 0 aliphatic rings. The van der Waals surface area contributed by atoms with Crippen molar-refractivity contribution in [2.24, 2.45) is 5.73 Å². The van der Waals surface area contributed by atoms with Gasteiger partial charge in [-0.25, -0.2) is 0 Å². The van der Waals surface area contributed by atoms with E-state index >= 15 is 0 Å². The van der Waals surface area contributed by atoms with Gasteiger partial charge in [0.2, 0.25) is 0 Å². The molecule has 1 aromatic carbocycles. The van der Waals surface area contributed by atoms with E-state index in [1.54, 1.807) is 0 Å². The molecule has 3 N–H and O–H groups in total. The lowest BCUT2D eigenvalue weighted by molar-refractivity contribution is -0.138. The molecule has 0 amide bonds. The number of hydrogen-bond donors (Lipinski definition) is 2. The Morgan fingerprint density at radius 1 is 1.33 bits per heavy atom. The summed E-state index contributed by atoms with van der Waals surface area (Å²) in [5.41, 5.74) is 9.00. The summed E-state index contributed by atoms with van der Waals surface area (Å²) in [6.45, 7) is 4.07. The van der Waals surface area contributed by atoms with Crippen molar-refractivity contribution in [1.82, 2.24) is 0 Å². The number of carboxylic acids is 1. The van der Waals surface area contributed by atoms with Crippen molar-refractivity contribution in [3.05, 3.63) is 34.9 Å². The van der Waals surface area contributed by atoms with E-state index in [0.29, 0.717) is 6.42 Å². The van der Waals surface area contributed by atoms with E-state index in [4.69, 9.17) is 10.8 Å². The highest BCUT2D eigenvalue weighted by Gasteiger charge is 2.10. The van der Waals surface area contributed by atoms with Gasteiger partial charge in [0.15, 0.2) is 0 Å². The Labute approximate surface area is 89.9 Å². The second-order valence-corrected chi connectivity index (χ2v) is 3.98. The summed E-state index contributed by atoms with van der Waals surface area (Å²) in [6.07, 6.45) is 1.20. The third kappa shape index (κ3) is 3.72. The van der Waals surface area contributed by atoms with E-state index in [-0.39, 0.29) is 0 Å². The SMILES string of the molecule is Cc1cc(C)cc(CC[C@H](N)C(=O)O)c1. The standard InChI is InChI=1S/C12H17NO2/c1-8-5-9(2)7-10(6-8)3-4-11(13)12(14)15/h5-7,11H,3-4,13H2,1-2H3,(H,14,15)/t11-/m0/s1. The fourth-order valence-corrected chi connectivity index (χ4v) is 1.66. The van der Waals surface area contributed by atoms with Crippen LogP contribution in [-0.4, -0.2) is 17.1 Å². The van der Waals surface area contributed by atoms with Gasteiger partial charge >= 0.3 is 5.97 Å². The zero-order valence-electron chi connectivity index (χ0n) is 9.16. The van der Waals surface area contributed by atoms with Gasteiger partial charge in [-0.3, -0.25) is 4.79 Å². The van der Waals surface area contributed by atoms with Gasteiger partial charge in [-0.1, -0.05) is 29.3 Å². The van der Waals surface area contributed by atoms with Crippen LogP contribution in [0.4, 0.5) is 0 Å². The zero-order chi connectivity index (χ0) is 11.4. The van der Waals surface area contributed by atoms with E-state index < -0.39 is 12.0 Å². The minimum absolute atomic E-state index is 0.484. The van der Waals surface area contributed by atoms with Gasteiger partial charge in [-0.2, -0.15) is 0 Å². The summed E-state index contributed by atoms with van der Waals surface area (Å²) in [4.78, 5) is 10.5. The largest absolute Gasteiger partial charge is 0.480 e. The van der Waals surface area contributed by atoms with Crippen LogP contribution in [0.2, 0.25) is 0 Å². The number of carbonyl (C=O) groups is 1. The molecule has 0 saturated heterocycles. The van der Waals surface area contributed by atoms with Crippen LogP contribution >= 0.6 is 0 Å². The molecular formula is C12H17NO2. The van der Waals surface area contributed by atoms with Crippen LogP contribution in [0.25, 0.3) is 0 Å². The Bertz CT molecular complexity index is 340. The molecule has 0 saturated carbocycles. The maximum Gasteiger partial charge on any atom is 0.320 e. The Kier molecular flexibility index (Phi) is 3.86. The van der Waals surface area contributed by atoms with Crippen molar-refractivity contribution in [2.75, 3.05) is 0 Å². The normalized spacial score (nSPS) is 12.5. The quantitative estimate of drug-likeness (QED) is 0.789. The smallest absolute Gasteiger partial charge is 0.320 e. The number of benzene rings is 1. The Hall–Kier alpha value is -1.35. The summed E-state index contributed by atoms with van der Waals surface area (Å²) >= 11 is 0. The maximum absolute atomic E-state index is 10.5. The zero-order valence-corrected chi connectivity index (χ0v) is 9.16. The van der Waals surface area contributed by atoms with Crippen LogP contribution in [0.5, 0.6) is 0 Å². The average Bonchev–Trinajstić information content (AvgIpc) is 2.12. The molecule has 0 spiro atoms. The summed E-state index contributed by atoms with van der Waals surface area (Å²) in [7, 11) is 0. The highest BCUT2D eigenvalue weighted by molar-refractivity contribution is 5.73. The number of aliphatic carboxylic acids is 1. The van der Waals surface area contributed by atoms with Gasteiger partial charge < -0.3 is 10.8 Å². The predicted molar refractivity (Wildman–Crippen MR) is 59.8 cm³/mol. The molecule has 0 radical (unpaired) electrons. The van der Waals surface area contributed by atoms with E-state index in [1.807, 2.05) is 13.8 Å². The topological polar surface area (TPSA) is 63.3 Å². The van der Waals surface area contributed by atoms with Crippen LogP contribution in [0.1, 0.15) is 23.1 Å². The van der Waals surface area contributed by atoms with Gasteiger partial charge in [0.25, 0.3) is 0 Å². The van der Waals surface area contributed by atoms with Crippen molar-refractivity contribution >= 4 is 5.97 Å². The van der Waals surface area contributed by atoms with E-state index in [2.05, 4.69) is 18.2 Å².